The molecule has 5 nitrogen and oxygen atoms in total. The highest BCUT2D eigenvalue weighted by Crippen LogP contribution is 2.13. The minimum atomic E-state index is -3.57. The van der Waals surface area contributed by atoms with Crippen molar-refractivity contribution in [3.05, 3.63) is 23.5 Å². The van der Waals surface area contributed by atoms with E-state index in [9.17, 15) is 8.42 Å². The lowest BCUT2D eigenvalue weighted by molar-refractivity contribution is 0.562. The summed E-state index contributed by atoms with van der Waals surface area (Å²) in [4.78, 5) is 3.74. The van der Waals surface area contributed by atoms with Gasteiger partial charge in [-0.3, -0.25) is 4.98 Å². The van der Waals surface area contributed by atoms with Gasteiger partial charge in [0.25, 0.3) is 0 Å². The maximum Gasteiger partial charge on any atom is 0.242 e. The minimum absolute atomic E-state index is 0. The van der Waals surface area contributed by atoms with Gasteiger partial charge >= 0.3 is 0 Å². The molecule has 3 N–H and O–H groups in total. The molecule has 1 aromatic rings. The third kappa shape index (κ3) is 4.23. The van der Waals surface area contributed by atoms with Crippen LogP contribution in [-0.4, -0.2) is 26.0 Å². The fraction of sp³-hybridized carbons (Fsp3) is 0.375. The number of pyridine rings is 1. The molecule has 0 radical (unpaired) electrons. The van der Waals surface area contributed by atoms with E-state index < -0.39 is 10.0 Å². The maximum atomic E-state index is 11.7. The number of rotatable bonds is 4. The van der Waals surface area contributed by atoms with E-state index >= 15 is 0 Å². The summed E-state index contributed by atoms with van der Waals surface area (Å²) in [6.45, 7) is 1.91. The predicted octanol–water partition coefficient (Wildman–Crippen LogP) is 0.782. The lowest BCUT2D eigenvalue weighted by Gasteiger charge is -2.11. The Balaban J connectivity index is 0.00000225. The van der Waals surface area contributed by atoms with Crippen LogP contribution < -0.4 is 10.5 Å². The molecule has 0 bridgehead atoms. The highest BCUT2D eigenvalue weighted by atomic mass is 35.5. The molecule has 1 atom stereocenters. The Morgan fingerprint density at radius 2 is 2.19 bits per heavy atom. The lowest BCUT2D eigenvalue weighted by atomic mass is 10.4. The molecule has 0 amide bonds. The Hall–Kier alpha value is -0.400. The Labute approximate surface area is 106 Å². The molecule has 0 saturated heterocycles. The number of hydrogen-bond donors (Lipinski definition) is 2. The Bertz CT molecular complexity index is 439. The minimum Gasteiger partial charge on any atom is -0.329 e. The van der Waals surface area contributed by atoms with Crippen molar-refractivity contribution < 1.29 is 8.42 Å². The van der Waals surface area contributed by atoms with Crippen LogP contribution in [0, 0.1) is 0 Å². The number of sulfonamides is 1. The van der Waals surface area contributed by atoms with Gasteiger partial charge < -0.3 is 5.73 Å². The summed E-state index contributed by atoms with van der Waals surface area (Å²) in [5.41, 5.74) is 5.32. The van der Waals surface area contributed by atoms with Crippen molar-refractivity contribution in [2.45, 2.75) is 17.9 Å². The van der Waals surface area contributed by atoms with Gasteiger partial charge in [-0.25, -0.2) is 13.1 Å². The number of hydrogen-bond acceptors (Lipinski definition) is 4. The normalized spacial score (nSPS) is 12.9. The van der Waals surface area contributed by atoms with Crippen LogP contribution in [0.3, 0.4) is 0 Å². The quantitative estimate of drug-likeness (QED) is 0.856. The molecule has 0 fully saturated rings. The van der Waals surface area contributed by atoms with E-state index in [4.69, 9.17) is 17.3 Å². The molecule has 92 valence electrons. The van der Waals surface area contributed by atoms with Gasteiger partial charge in [0.05, 0.1) is 5.02 Å². The van der Waals surface area contributed by atoms with Crippen molar-refractivity contribution in [2.75, 3.05) is 6.54 Å². The summed E-state index contributed by atoms with van der Waals surface area (Å²) in [7, 11) is -3.57. The summed E-state index contributed by atoms with van der Waals surface area (Å²) in [6, 6.07) is 1.01. The highest BCUT2D eigenvalue weighted by molar-refractivity contribution is 7.89. The smallest absolute Gasteiger partial charge is 0.242 e. The molecule has 0 aromatic carbocycles. The van der Waals surface area contributed by atoms with Gasteiger partial charge in [-0.15, -0.1) is 12.4 Å². The van der Waals surface area contributed by atoms with Crippen molar-refractivity contribution in [3.8, 4) is 0 Å². The van der Waals surface area contributed by atoms with Crippen LogP contribution in [0.2, 0.25) is 5.02 Å². The summed E-state index contributed by atoms with van der Waals surface area (Å²) < 4.78 is 25.8. The second-order valence-corrected chi connectivity index (χ2v) is 5.25. The van der Waals surface area contributed by atoms with Crippen molar-refractivity contribution >= 4 is 34.0 Å². The molecule has 1 rings (SSSR count). The van der Waals surface area contributed by atoms with E-state index in [0.29, 0.717) is 0 Å². The van der Waals surface area contributed by atoms with Gasteiger partial charge in [-0.2, -0.15) is 0 Å². The molecular weight excluding hydrogens is 273 g/mol. The average molecular weight is 286 g/mol. The van der Waals surface area contributed by atoms with E-state index in [-0.39, 0.29) is 34.9 Å². The number of nitrogens with zero attached hydrogens (tertiary/aromatic N) is 1. The first-order chi connectivity index (χ1) is 6.95. The third-order valence-corrected chi connectivity index (χ3v) is 3.46. The Morgan fingerprint density at radius 1 is 1.56 bits per heavy atom. The van der Waals surface area contributed by atoms with Crippen LogP contribution in [0.1, 0.15) is 6.92 Å². The molecule has 0 aliphatic carbocycles. The molecule has 8 heteroatoms. The number of nitrogens with two attached hydrogens (primary N) is 1. The third-order valence-electron chi connectivity index (χ3n) is 1.70. The van der Waals surface area contributed by atoms with Gasteiger partial charge in [-0.05, 0) is 13.0 Å². The van der Waals surface area contributed by atoms with Crippen LogP contribution >= 0.6 is 24.0 Å². The van der Waals surface area contributed by atoms with E-state index in [0.717, 1.165) is 0 Å². The highest BCUT2D eigenvalue weighted by Gasteiger charge is 2.16. The SMILES string of the molecule is C[C@@H](CN)NS(=O)(=O)c1cncc(Cl)c1.Cl. The van der Waals surface area contributed by atoms with Crippen molar-refractivity contribution in [2.24, 2.45) is 5.73 Å². The van der Waals surface area contributed by atoms with E-state index in [1.54, 1.807) is 6.92 Å². The summed E-state index contributed by atoms with van der Waals surface area (Å²) in [5, 5.41) is 0.276. The number of aromatic nitrogens is 1. The second kappa shape index (κ2) is 6.36. The zero-order valence-electron chi connectivity index (χ0n) is 8.55. The summed E-state index contributed by atoms with van der Waals surface area (Å²) >= 11 is 5.64. The number of nitrogens with one attached hydrogen (secondary N) is 1. The predicted molar refractivity (Wildman–Crippen MR) is 65.3 cm³/mol. The molecule has 16 heavy (non-hydrogen) atoms. The van der Waals surface area contributed by atoms with E-state index in [2.05, 4.69) is 9.71 Å². The largest absolute Gasteiger partial charge is 0.329 e. The van der Waals surface area contributed by atoms with E-state index in [1.165, 1.54) is 18.5 Å². The van der Waals surface area contributed by atoms with E-state index in [1.807, 2.05) is 0 Å². The van der Waals surface area contributed by atoms with Crippen molar-refractivity contribution in [3.63, 3.8) is 0 Å². The monoisotopic (exact) mass is 285 g/mol. The first-order valence-corrected chi connectivity index (χ1v) is 6.15. The molecule has 0 aliphatic heterocycles. The standard InChI is InChI=1S/C8H12ClN3O2S.ClH/c1-6(3-10)12-15(13,14)8-2-7(9)4-11-5-8;/h2,4-6,12H,3,10H2,1H3;1H/t6-;/m0./s1. The fourth-order valence-electron chi connectivity index (χ4n) is 0.920. The van der Waals surface area contributed by atoms with Crippen LogP contribution in [0.25, 0.3) is 0 Å². The van der Waals surface area contributed by atoms with Crippen LogP contribution in [0.15, 0.2) is 23.4 Å². The zero-order valence-corrected chi connectivity index (χ0v) is 10.9. The maximum absolute atomic E-state index is 11.7. The second-order valence-electron chi connectivity index (χ2n) is 3.10. The van der Waals surface area contributed by atoms with Gasteiger partial charge in [-0.1, -0.05) is 11.6 Å². The van der Waals surface area contributed by atoms with Crippen LogP contribution in [0.5, 0.6) is 0 Å². The molecule has 0 aliphatic rings. The van der Waals surface area contributed by atoms with Gasteiger partial charge in [0.1, 0.15) is 4.90 Å². The molecule has 0 unspecified atom stereocenters. The Kier molecular flexibility index (Phi) is 6.20. The van der Waals surface area contributed by atoms with Gasteiger partial charge in [0, 0.05) is 25.0 Å². The van der Waals surface area contributed by atoms with Crippen LogP contribution in [0.4, 0.5) is 0 Å². The summed E-state index contributed by atoms with van der Waals surface area (Å²) in [5.74, 6) is 0. The topological polar surface area (TPSA) is 85.1 Å². The lowest BCUT2D eigenvalue weighted by Crippen LogP contribution is -2.37. The summed E-state index contributed by atoms with van der Waals surface area (Å²) in [6.07, 6.45) is 2.60. The van der Waals surface area contributed by atoms with Gasteiger partial charge in [0.2, 0.25) is 10.0 Å². The molecular formula is C8H13Cl2N3O2S. The average Bonchev–Trinajstić information content (AvgIpc) is 2.17. The first kappa shape index (κ1) is 15.6. The molecule has 0 spiro atoms. The number of halogens is 2. The molecule has 1 heterocycles. The van der Waals surface area contributed by atoms with Crippen LogP contribution in [-0.2, 0) is 10.0 Å². The zero-order chi connectivity index (χ0) is 11.5. The van der Waals surface area contributed by atoms with Gasteiger partial charge in [0.15, 0.2) is 0 Å². The van der Waals surface area contributed by atoms with Crippen molar-refractivity contribution in [1.82, 2.24) is 9.71 Å². The fourth-order valence-corrected chi connectivity index (χ4v) is 2.40. The van der Waals surface area contributed by atoms with Crippen molar-refractivity contribution in [1.29, 1.82) is 0 Å². The first-order valence-electron chi connectivity index (χ1n) is 4.28. The molecule has 1 aromatic heterocycles. The molecule has 0 saturated carbocycles. The Morgan fingerprint density at radius 3 is 2.69 bits per heavy atom.